The third-order valence-electron chi connectivity index (χ3n) is 4.27. The minimum atomic E-state index is 0.487. The normalized spacial score (nSPS) is 22.1. The van der Waals surface area contributed by atoms with Crippen molar-refractivity contribution in [1.29, 1.82) is 0 Å². The quantitative estimate of drug-likeness (QED) is 0.869. The smallest absolute Gasteiger partial charge is 0.117 e. The molecular formula is C15H20N4O. The van der Waals surface area contributed by atoms with Crippen molar-refractivity contribution < 1.29 is 4.42 Å². The molecule has 2 aromatic heterocycles. The lowest BCUT2D eigenvalue weighted by molar-refractivity contribution is 0.203. The molecule has 1 fully saturated rings. The summed E-state index contributed by atoms with van der Waals surface area (Å²) in [5.41, 5.74) is 2.47. The van der Waals surface area contributed by atoms with Crippen molar-refractivity contribution in [1.82, 2.24) is 20.2 Å². The molecule has 4 rings (SSSR count). The van der Waals surface area contributed by atoms with Crippen molar-refractivity contribution in [3.8, 4) is 0 Å². The summed E-state index contributed by atoms with van der Waals surface area (Å²) in [5, 5.41) is 3.61. The van der Waals surface area contributed by atoms with E-state index in [9.17, 15) is 0 Å². The van der Waals surface area contributed by atoms with Gasteiger partial charge in [0.1, 0.15) is 5.76 Å². The van der Waals surface area contributed by atoms with E-state index in [1.807, 2.05) is 6.07 Å². The van der Waals surface area contributed by atoms with Crippen molar-refractivity contribution in [2.45, 2.75) is 44.4 Å². The van der Waals surface area contributed by atoms with E-state index in [1.54, 1.807) is 12.6 Å². The monoisotopic (exact) mass is 272 g/mol. The van der Waals surface area contributed by atoms with Gasteiger partial charge in [-0.05, 0) is 25.0 Å². The van der Waals surface area contributed by atoms with Crippen molar-refractivity contribution in [3.63, 3.8) is 0 Å². The standard InChI is InChI=1S/C15H20N4O/c1-2-13(20-5-1)9-19(12-3-4-12)8-11-6-14-15(7-16-11)18-10-17-14/h1-2,5,10-12,16H,3-4,6-9H2,(H,17,18). The van der Waals surface area contributed by atoms with Crippen molar-refractivity contribution in [2.75, 3.05) is 6.54 Å². The van der Waals surface area contributed by atoms with Crippen molar-refractivity contribution in [2.24, 2.45) is 0 Å². The number of hydrogen-bond donors (Lipinski definition) is 2. The summed E-state index contributed by atoms with van der Waals surface area (Å²) in [6, 6.07) is 5.26. The summed E-state index contributed by atoms with van der Waals surface area (Å²) < 4.78 is 5.50. The first-order valence-electron chi connectivity index (χ1n) is 7.39. The zero-order valence-electron chi connectivity index (χ0n) is 11.5. The van der Waals surface area contributed by atoms with Crippen LogP contribution in [0.15, 0.2) is 29.1 Å². The fraction of sp³-hybridized carbons (Fsp3) is 0.533. The molecule has 1 saturated carbocycles. The lowest BCUT2D eigenvalue weighted by Crippen LogP contribution is -2.45. The van der Waals surface area contributed by atoms with Gasteiger partial charge < -0.3 is 14.7 Å². The Morgan fingerprint density at radius 1 is 1.40 bits per heavy atom. The molecule has 1 atom stereocenters. The first kappa shape index (κ1) is 12.2. The highest BCUT2D eigenvalue weighted by Crippen LogP contribution is 2.29. The molecule has 1 unspecified atom stereocenters. The van der Waals surface area contributed by atoms with E-state index in [4.69, 9.17) is 4.42 Å². The van der Waals surface area contributed by atoms with Crippen LogP contribution in [-0.2, 0) is 19.5 Å². The van der Waals surface area contributed by atoms with Crippen LogP contribution in [0.4, 0.5) is 0 Å². The van der Waals surface area contributed by atoms with E-state index in [2.05, 4.69) is 26.3 Å². The summed E-state index contributed by atoms with van der Waals surface area (Å²) in [7, 11) is 0. The number of nitrogens with one attached hydrogen (secondary N) is 2. The van der Waals surface area contributed by atoms with Gasteiger partial charge in [0.25, 0.3) is 0 Å². The van der Waals surface area contributed by atoms with Gasteiger partial charge in [0.15, 0.2) is 0 Å². The van der Waals surface area contributed by atoms with Crippen LogP contribution in [0.3, 0.4) is 0 Å². The number of aromatic nitrogens is 2. The molecular weight excluding hydrogens is 252 g/mol. The van der Waals surface area contributed by atoms with Gasteiger partial charge in [-0.25, -0.2) is 4.98 Å². The summed E-state index contributed by atoms with van der Waals surface area (Å²) in [6.45, 7) is 2.89. The van der Waals surface area contributed by atoms with E-state index in [1.165, 1.54) is 24.2 Å². The Labute approximate surface area is 118 Å². The molecule has 0 bridgehead atoms. The van der Waals surface area contributed by atoms with Gasteiger partial charge in [-0.2, -0.15) is 0 Å². The van der Waals surface area contributed by atoms with E-state index >= 15 is 0 Å². The third kappa shape index (κ3) is 2.51. The minimum absolute atomic E-state index is 0.487. The van der Waals surface area contributed by atoms with Crippen LogP contribution in [0, 0.1) is 0 Å². The summed E-state index contributed by atoms with van der Waals surface area (Å²) in [4.78, 5) is 10.2. The SMILES string of the molecule is c1coc(CN(CC2Cc3nc[nH]c3CN2)C2CC2)c1. The molecule has 5 nitrogen and oxygen atoms in total. The Bertz CT molecular complexity index is 558. The second kappa shape index (κ2) is 5.07. The lowest BCUT2D eigenvalue weighted by atomic mass is 10.0. The van der Waals surface area contributed by atoms with Crippen LogP contribution in [0.1, 0.15) is 30.0 Å². The molecule has 106 valence electrons. The molecule has 0 spiro atoms. The molecule has 0 saturated heterocycles. The zero-order chi connectivity index (χ0) is 13.4. The lowest BCUT2D eigenvalue weighted by Gasteiger charge is -2.29. The van der Waals surface area contributed by atoms with Gasteiger partial charge in [-0.1, -0.05) is 0 Å². The van der Waals surface area contributed by atoms with Gasteiger partial charge in [0, 0.05) is 31.6 Å². The minimum Gasteiger partial charge on any atom is -0.468 e. The number of nitrogens with zero attached hydrogens (tertiary/aromatic N) is 2. The summed E-state index contributed by atoms with van der Waals surface area (Å²) in [5.74, 6) is 1.06. The second-order valence-electron chi connectivity index (χ2n) is 5.85. The molecule has 2 aliphatic rings. The van der Waals surface area contributed by atoms with Gasteiger partial charge in [-0.15, -0.1) is 0 Å². The fourth-order valence-corrected chi connectivity index (χ4v) is 3.03. The second-order valence-corrected chi connectivity index (χ2v) is 5.85. The first-order valence-corrected chi connectivity index (χ1v) is 7.39. The van der Waals surface area contributed by atoms with E-state index < -0.39 is 0 Å². The highest BCUT2D eigenvalue weighted by Gasteiger charge is 2.32. The Morgan fingerprint density at radius 2 is 2.35 bits per heavy atom. The van der Waals surface area contributed by atoms with Crippen LogP contribution in [0.25, 0.3) is 0 Å². The summed E-state index contributed by atoms with van der Waals surface area (Å²) >= 11 is 0. The molecule has 1 aliphatic heterocycles. The zero-order valence-corrected chi connectivity index (χ0v) is 11.5. The van der Waals surface area contributed by atoms with E-state index in [0.29, 0.717) is 6.04 Å². The maximum absolute atomic E-state index is 5.50. The Morgan fingerprint density at radius 3 is 3.15 bits per heavy atom. The van der Waals surface area contributed by atoms with Gasteiger partial charge in [0.2, 0.25) is 0 Å². The molecule has 0 aromatic carbocycles. The van der Waals surface area contributed by atoms with Crippen LogP contribution >= 0.6 is 0 Å². The summed E-state index contributed by atoms with van der Waals surface area (Å²) in [6.07, 6.45) is 7.22. The third-order valence-corrected chi connectivity index (χ3v) is 4.27. The maximum Gasteiger partial charge on any atom is 0.117 e. The molecule has 20 heavy (non-hydrogen) atoms. The molecule has 2 N–H and O–H groups in total. The number of furan rings is 1. The Hall–Kier alpha value is -1.59. The van der Waals surface area contributed by atoms with Gasteiger partial charge in [0.05, 0.1) is 30.5 Å². The van der Waals surface area contributed by atoms with Gasteiger partial charge >= 0.3 is 0 Å². The van der Waals surface area contributed by atoms with E-state index in [0.717, 1.165) is 37.9 Å². The van der Waals surface area contributed by atoms with E-state index in [-0.39, 0.29) is 0 Å². The highest BCUT2D eigenvalue weighted by atomic mass is 16.3. The van der Waals surface area contributed by atoms with Crippen LogP contribution < -0.4 is 5.32 Å². The first-order chi connectivity index (χ1) is 9.88. The van der Waals surface area contributed by atoms with Crippen LogP contribution in [0.2, 0.25) is 0 Å². The molecule has 0 amide bonds. The Balaban J connectivity index is 1.41. The molecule has 1 aliphatic carbocycles. The molecule has 5 heteroatoms. The van der Waals surface area contributed by atoms with Crippen LogP contribution in [0.5, 0.6) is 0 Å². The molecule has 0 radical (unpaired) electrons. The number of rotatable bonds is 5. The Kier molecular flexibility index (Phi) is 3.09. The predicted molar refractivity (Wildman–Crippen MR) is 75.1 cm³/mol. The van der Waals surface area contributed by atoms with Gasteiger partial charge in [-0.3, -0.25) is 4.90 Å². The van der Waals surface area contributed by atoms with Crippen molar-refractivity contribution in [3.05, 3.63) is 41.9 Å². The average molecular weight is 272 g/mol. The topological polar surface area (TPSA) is 57.1 Å². The predicted octanol–water partition coefficient (Wildman–Crippen LogP) is 1.68. The average Bonchev–Trinajstić information content (AvgIpc) is 2.99. The fourth-order valence-electron chi connectivity index (χ4n) is 3.03. The largest absolute Gasteiger partial charge is 0.468 e. The molecule has 3 heterocycles. The van der Waals surface area contributed by atoms with Crippen LogP contribution in [-0.4, -0.2) is 33.5 Å². The number of imidazole rings is 1. The highest BCUT2D eigenvalue weighted by molar-refractivity contribution is 5.16. The molecule has 2 aromatic rings. The number of H-pyrrole nitrogens is 1. The number of fused-ring (bicyclic) bond motifs is 1. The maximum atomic E-state index is 5.50. The number of aromatic amines is 1. The van der Waals surface area contributed by atoms with Crippen molar-refractivity contribution >= 4 is 0 Å². The number of hydrogen-bond acceptors (Lipinski definition) is 4.